The molecule has 0 saturated carbocycles. The van der Waals surface area contributed by atoms with Gasteiger partial charge in [-0.15, -0.1) is 0 Å². The Bertz CT molecular complexity index is 1430. The number of anilines is 1. The third kappa shape index (κ3) is 7.97. The van der Waals surface area contributed by atoms with Crippen LogP contribution in [0, 0.1) is 6.92 Å². The molecule has 1 N–H and O–H groups in total. The van der Waals surface area contributed by atoms with Gasteiger partial charge in [0, 0.05) is 22.6 Å². The van der Waals surface area contributed by atoms with Crippen LogP contribution in [-0.4, -0.2) is 44.3 Å². The first-order valence-electron chi connectivity index (χ1n) is 12.3. The molecule has 0 heterocycles. The lowest BCUT2D eigenvalue weighted by atomic mass is 10.1. The zero-order valence-corrected chi connectivity index (χ0v) is 25.7. The van der Waals surface area contributed by atoms with Gasteiger partial charge in [0.1, 0.15) is 12.6 Å². The monoisotopic (exact) mass is 653 g/mol. The van der Waals surface area contributed by atoms with E-state index >= 15 is 0 Å². The minimum absolute atomic E-state index is 0.00998. The number of nitrogens with zero attached hydrogens (tertiary/aromatic N) is 2. The molecule has 0 aromatic heterocycles. The van der Waals surface area contributed by atoms with Gasteiger partial charge in [-0.3, -0.25) is 13.9 Å². The van der Waals surface area contributed by atoms with Crippen molar-refractivity contribution in [1.29, 1.82) is 0 Å². The van der Waals surface area contributed by atoms with Crippen molar-refractivity contribution in [3.05, 3.63) is 92.4 Å². The van der Waals surface area contributed by atoms with Gasteiger partial charge in [-0.1, -0.05) is 75.9 Å². The van der Waals surface area contributed by atoms with E-state index in [-0.39, 0.29) is 33.1 Å². The maximum atomic E-state index is 13.9. The fourth-order valence-corrected chi connectivity index (χ4v) is 6.15. The molecule has 0 aliphatic heterocycles. The Labute approximate surface area is 248 Å². The molecule has 0 fully saturated rings. The Morgan fingerprint density at radius 2 is 1.72 bits per heavy atom. The Kier molecular flexibility index (Phi) is 10.8. The number of hydrogen-bond acceptors (Lipinski definition) is 4. The number of rotatable bonds is 11. The first-order valence-corrected chi connectivity index (χ1v) is 15.3. The minimum Gasteiger partial charge on any atom is -0.354 e. The SMILES string of the molecule is CCCNC(=O)[C@H](C)N(Cc1cccc(Br)c1)C(=O)CN(c1cc(Cl)ccc1Cl)S(=O)(=O)c1ccc(C)cc1. The predicted molar refractivity (Wildman–Crippen MR) is 160 cm³/mol. The van der Waals surface area contributed by atoms with E-state index in [0.717, 1.165) is 26.3 Å². The van der Waals surface area contributed by atoms with Crippen molar-refractivity contribution in [3.63, 3.8) is 0 Å². The van der Waals surface area contributed by atoms with Crippen LogP contribution in [0.1, 0.15) is 31.4 Å². The summed E-state index contributed by atoms with van der Waals surface area (Å²) in [5, 5.41) is 3.18. The molecule has 0 bridgehead atoms. The number of carbonyl (C=O) groups excluding carboxylic acids is 2. The maximum absolute atomic E-state index is 13.9. The Morgan fingerprint density at radius 1 is 1.03 bits per heavy atom. The summed E-state index contributed by atoms with van der Waals surface area (Å²) < 4.78 is 29.5. The van der Waals surface area contributed by atoms with Crippen LogP contribution in [0.5, 0.6) is 0 Å². The summed E-state index contributed by atoms with van der Waals surface area (Å²) in [5.74, 6) is -0.922. The highest BCUT2D eigenvalue weighted by atomic mass is 79.9. The van der Waals surface area contributed by atoms with E-state index < -0.39 is 28.5 Å². The lowest BCUT2D eigenvalue weighted by Crippen LogP contribution is -2.51. The second-order valence-corrected chi connectivity index (χ2v) is 12.7. The smallest absolute Gasteiger partial charge is 0.264 e. The molecule has 0 saturated heterocycles. The Hall–Kier alpha value is -2.59. The van der Waals surface area contributed by atoms with E-state index in [1.165, 1.54) is 35.2 Å². The lowest BCUT2D eigenvalue weighted by molar-refractivity contribution is -0.139. The van der Waals surface area contributed by atoms with Gasteiger partial charge in [0.15, 0.2) is 0 Å². The van der Waals surface area contributed by atoms with E-state index in [9.17, 15) is 18.0 Å². The molecule has 3 rings (SSSR count). The van der Waals surface area contributed by atoms with E-state index in [1.807, 2.05) is 38.1 Å². The van der Waals surface area contributed by atoms with E-state index in [1.54, 1.807) is 19.1 Å². The molecule has 0 aliphatic carbocycles. The van der Waals surface area contributed by atoms with E-state index in [4.69, 9.17) is 23.2 Å². The number of carbonyl (C=O) groups is 2. The van der Waals surface area contributed by atoms with Crippen LogP contribution < -0.4 is 9.62 Å². The molecule has 39 heavy (non-hydrogen) atoms. The third-order valence-corrected chi connectivity index (χ3v) is 8.85. The number of benzene rings is 3. The lowest BCUT2D eigenvalue weighted by Gasteiger charge is -2.32. The summed E-state index contributed by atoms with van der Waals surface area (Å²) in [6.45, 7) is 5.32. The van der Waals surface area contributed by atoms with Crippen LogP contribution >= 0.6 is 39.1 Å². The topological polar surface area (TPSA) is 86.8 Å². The summed E-state index contributed by atoms with van der Waals surface area (Å²) in [6, 6.07) is 17.2. The average molecular weight is 655 g/mol. The molecule has 0 radical (unpaired) electrons. The molecule has 7 nitrogen and oxygen atoms in total. The molecular formula is C28H30BrCl2N3O4S. The van der Waals surface area contributed by atoms with Crippen LogP contribution in [0.4, 0.5) is 5.69 Å². The number of nitrogens with one attached hydrogen (secondary N) is 1. The van der Waals surface area contributed by atoms with Crippen molar-refractivity contribution in [2.24, 2.45) is 0 Å². The minimum atomic E-state index is -4.24. The van der Waals surface area contributed by atoms with Crippen LogP contribution in [0.2, 0.25) is 10.0 Å². The molecular weight excluding hydrogens is 625 g/mol. The number of hydrogen-bond donors (Lipinski definition) is 1. The molecule has 0 aliphatic rings. The second kappa shape index (κ2) is 13.7. The summed E-state index contributed by atoms with van der Waals surface area (Å²) >= 11 is 16.1. The van der Waals surface area contributed by atoms with Crippen molar-refractivity contribution in [2.75, 3.05) is 17.4 Å². The molecule has 3 aromatic rings. The van der Waals surface area contributed by atoms with Gasteiger partial charge < -0.3 is 10.2 Å². The highest BCUT2D eigenvalue weighted by Crippen LogP contribution is 2.33. The molecule has 0 unspecified atom stereocenters. The van der Waals surface area contributed by atoms with Crippen molar-refractivity contribution >= 4 is 66.7 Å². The highest BCUT2D eigenvalue weighted by molar-refractivity contribution is 9.10. The van der Waals surface area contributed by atoms with Crippen LogP contribution in [-0.2, 0) is 26.2 Å². The third-order valence-electron chi connectivity index (χ3n) is 6.02. The summed E-state index contributed by atoms with van der Waals surface area (Å²) in [4.78, 5) is 28.2. The largest absolute Gasteiger partial charge is 0.354 e. The molecule has 0 spiro atoms. The molecule has 11 heteroatoms. The first kappa shape index (κ1) is 30.9. The summed E-state index contributed by atoms with van der Waals surface area (Å²) in [6.07, 6.45) is 0.730. The zero-order valence-electron chi connectivity index (χ0n) is 21.8. The average Bonchev–Trinajstić information content (AvgIpc) is 2.90. The highest BCUT2D eigenvalue weighted by Gasteiger charge is 2.33. The van der Waals surface area contributed by atoms with Crippen LogP contribution in [0.25, 0.3) is 0 Å². The van der Waals surface area contributed by atoms with Gasteiger partial charge in [-0.25, -0.2) is 8.42 Å². The Morgan fingerprint density at radius 3 is 2.36 bits per heavy atom. The van der Waals surface area contributed by atoms with Gasteiger partial charge in [0.25, 0.3) is 10.0 Å². The van der Waals surface area contributed by atoms with E-state index in [2.05, 4.69) is 21.2 Å². The number of sulfonamides is 1. The van der Waals surface area contributed by atoms with Gasteiger partial charge in [-0.2, -0.15) is 0 Å². The fourth-order valence-electron chi connectivity index (χ4n) is 3.84. The van der Waals surface area contributed by atoms with Crippen LogP contribution in [0.3, 0.4) is 0 Å². The number of halogens is 3. The maximum Gasteiger partial charge on any atom is 0.264 e. The van der Waals surface area contributed by atoms with E-state index in [0.29, 0.717) is 6.54 Å². The molecule has 2 amide bonds. The number of amides is 2. The normalized spacial score (nSPS) is 12.1. The van der Waals surface area contributed by atoms with Crippen molar-refractivity contribution in [1.82, 2.24) is 10.2 Å². The van der Waals surface area contributed by atoms with Gasteiger partial charge in [0.2, 0.25) is 11.8 Å². The Balaban J connectivity index is 2.06. The van der Waals surface area contributed by atoms with Crippen LogP contribution in [0.15, 0.2) is 76.1 Å². The quantitative estimate of drug-likeness (QED) is 0.267. The zero-order chi connectivity index (χ0) is 28.7. The number of aryl methyl sites for hydroxylation is 1. The predicted octanol–water partition coefficient (Wildman–Crippen LogP) is 6.20. The molecule has 3 aromatic carbocycles. The second-order valence-electron chi connectivity index (χ2n) is 9.04. The standard InChI is InChI=1S/C28H30BrCl2N3O4S/c1-4-14-32-28(36)20(3)33(17-21-6-5-7-22(29)15-21)27(35)18-34(26-16-23(30)10-13-25(26)31)39(37,38)24-11-8-19(2)9-12-24/h5-13,15-16,20H,4,14,17-18H2,1-3H3,(H,32,36)/t20-/m0/s1. The summed E-state index contributed by atoms with van der Waals surface area (Å²) in [7, 11) is -4.24. The molecule has 208 valence electrons. The fraction of sp³-hybridized carbons (Fsp3) is 0.286. The van der Waals surface area contributed by atoms with Gasteiger partial charge >= 0.3 is 0 Å². The molecule has 1 atom stereocenters. The summed E-state index contributed by atoms with van der Waals surface area (Å²) in [5.41, 5.74) is 1.70. The first-order chi connectivity index (χ1) is 18.4. The van der Waals surface area contributed by atoms with Gasteiger partial charge in [-0.05, 0) is 68.3 Å². The van der Waals surface area contributed by atoms with Gasteiger partial charge in [0.05, 0.1) is 15.6 Å². The van der Waals surface area contributed by atoms with Crippen molar-refractivity contribution < 1.29 is 18.0 Å². The van der Waals surface area contributed by atoms with Crippen molar-refractivity contribution in [2.45, 2.75) is 44.7 Å². The van der Waals surface area contributed by atoms with Crippen molar-refractivity contribution in [3.8, 4) is 0 Å².